The van der Waals surface area contributed by atoms with Crippen LogP contribution >= 0.6 is 31.9 Å². The van der Waals surface area contributed by atoms with Crippen LogP contribution < -0.4 is 5.73 Å². The van der Waals surface area contributed by atoms with Crippen LogP contribution in [0.1, 0.15) is 0 Å². The molecule has 0 bridgehead atoms. The number of hydrogen-bond acceptors (Lipinski definition) is 7. The second kappa shape index (κ2) is 8.31. The molecule has 2 aromatic rings. The second-order valence-electron chi connectivity index (χ2n) is 4.18. The summed E-state index contributed by atoms with van der Waals surface area (Å²) >= 11 is 6.04. The monoisotopic (exact) mass is 462 g/mol. The maximum atomic E-state index is 10.3. The number of nitrogen functional groups attached to an aromatic ring is 1. The molecule has 0 aliphatic carbocycles. The van der Waals surface area contributed by atoms with Gasteiger partial charge in [-0.3, -0.25) is 30.3 Å². The van der Waals surface area contributed by atoms with Crippen LogP contribution in [0.15, 0.2) is 45.3 Å². The van der Waals surface area contributed by atoms with Gasteiger partial charge in [-0.2, -0.15) is 0 Å². The van der Waals surface area contributed by atoms with E-state index in [1.54, 1.807) is 6.07 Å². The fourth-order valence-corrected chi connectivity index (χ4v) is 2.44. The lowest BCUT2D eigenvalue weighted by Gasteiger charge is -1.94. The summed E-state index contributed by atoms with van der Waals surface area (Å²) in [6.45, 7) is 0. The number of benzene rings is 2. The van der Waals surface area contributed by atoms with E-state index < -0.39 is 14.8 Å². The lowest BCUT2D eigenvalue weighted by atomic mass is 10.3. The molecular weight excluding hydrogens is 456 g/mol. The van der Waals surface area contributed by atoms with Gasteiger partial charge in [0.25, 0.3) is 17.1 Å². The lowest BCUT2D eigenvalue weighted by molar-refractivity contribution is -0.394. The Kier molecular flexibility index (Phi) is 6.73. The Morgan fingerprint density at radius 3 is 1.33 bits per heavy atom. The summed E-state index contributed by atoms with van der Waals surface area (Å²) < 4.78 is 0.928. The van der Waals surface area contributed by atoms with Crippen molar-refractivity contribution in [1.29, 1.82) is 0 Å². The number of nitro groups is 3. The number of nitro benzene ring substituents is 3. The van der Waals surface area contributed by atoms with E-state index in [2.05, 4.69) is 31.9 Å². The highest BCUT2D eigenvalue weighted by Gasteiger charge is 2.14. The first-order valence-electron chi connectivity index (χ1n) is 5.90. The Balaban J connectivity index is 0.000000243. The van der Waals surface area contributed by atoms with Crippen molar-refractivity contribution >= 4 is 54.6 Å². The van der Waals surface area contributed by atoms with Gasteiger partial charge in [0.2, 0.25) is 0 Å². The molecule has 0 atom stereocenters. The van der Waals surface area contributed by atoms with Gasteiger partial charge in [0.05, 0.1) is 20.8 Å². The van der Waals surface area contributed by atoms with Gasteiger partial charge in [-0.15, -0.1) is 0 Å². The van der Waals surface area contributed by atoms with Crippen molar-refractivity contribution in [2.75, 3.05) is 5.73 Å². The van der Waals surface area contributed by atoms with E-state index in [1.807, 2.05) is 0 Å². The zero-order valence-electron chi connectivity index (χ0n) is 11.6. The van der Waals surface area contributed by atoms with Crippen LogP contribution in [-0.2, 0) is 0 Å². The summed E-state index contributed by atoms with van der Waals surface area (Å²) in [7, 11) is 0. The maximum Gasteiger partial charge on any atom is 0.277 e. The topological polar surface area (TPSA) is 155 Å². The van der Waals surface area contributed by atoms with E-state index in [0.29, 0.717) is 14.6 Å². The molecule has 0 radical (unpaired) electrons. The van der Waals surface area contributed by atoms with E-state index in [-0.39, 0.29) is 17.1 Å². The fraction of sp³-hybridized carbons (Fsp3) is 0. The van der Waals surface area contributed by atoms with Crippen molar-refractivity contribution in [3.8, 4) is 0 Å². The normalized spacial score (nSPS) is 9.58. The number of halogens is 2. The first-order chi connectivity index (χ1) is 11.1. The highest BCUT2D eigenvalue weighted by atomic mass is 79.9. The zero-order chi connectivity index (χ0) is 18.4. The molecule has 0 fully saturated rings. The predicted molar refractivity (Wildman–Crippen MR) is 92.7 cm³/mol. The van der Waals surface area contributed by atoms with Gasteiger partial charge in [-0.1, -0.05) is 31.9 Å². The minimum absolute atomic E-state index is 0.00289. The molecule has 0 spiro atoms. The summed E-state index contributed by atoms with van der Waals surface area (Å²) in [5.41, 5.74) is 5.13. The number of rotatable bonds is 3. The molecule has 0 aliphatic rings. The summed E-state index contributed by atoms with van der Waals surface area (Å²) in [5.74, 6) is 0. The van der Waals surface area contributed by atoms with Crippen LogP contribution in [0.25, 0.3) is 0 Å². The summed E-state index contributed by atoms with van der Waals surface area (Å²) in [6, 6.07) is 7.62. The average Bonchev–Trinajstić information content (AvgIpc) is 2.46. The average molecular weight is 464 g/mol. The molecule has 2 aromatic carbocycles. The third-order valence-corrected chi connectivity index (χ3v) is 3.32. The molecule has 126 valence electrons. The highest BCUT2D eigenvalue weighted by molar-refractivity contribution is 9.10. The largest absolute Gasteiger partial charge is 0.398 e. The third kappa shape index (κ3) is 5.89. The summed E-state index contributed by atoms with van der Waals surface area (Å²) in [6.07, 6.45) is 0. The standard InChI is InChI=1S/C6H3BrN2O4.C6H5BrN2O2/c7-4-1-5(8(10)11)3-6(2-4)9(12)13;7-4-1-5(8)3-6(2-4)9(10)11/h1-3H;1-3H,8H2. The maximum absolute atomic E-state index is 10.3. The SMILES string of the molecule is Nc1cc(Br)cc([N+](=O)[O-])c1.O=[N+]([O-])c1cc(Br)cc([N+](=O)[O-])c1. The molecule has 0 aliphatic heterocycles. The molecule has 2 rings (SSSR count). The van der Waals surface area contributed by atoms with E-state index in [4.69, 9.17) is 5.73 Å². The van der Waals surface area contributed by atoms with Crippen LogP contribution in [-0.4, -0.2) is 14.8 Å². The van der Waals surface area contributed by atoms with Crippen molar-refractivity contribution in [3.63, 3.8) is 0 Å². The molecular formula is C12H8Br2N4O6. The van der Waals surface area contributed by atoms with Crippen LogP contribution in [0.3, 0.4) is 0 Å². The van der Waals surface area contributed by atoms with Gasteiger partial charge in [-0.25, -0.2) is 0 Å². The quantitative estimate of drug-likeness (QED) is 0.405. The van der Waals surface area contributed by atoms with Crippen molar-refractivity contribution in [3.05, 3.63) is 75.7 Å². The van der Waals surface area contributed by atoms with Crippen LogP contribution in [0, 0.1) is 30.3 Å². The van der Waals surface area contributed by atoms with E-state index in [0.717, 1.165) is 6.07 Å². The molecule has 0 unspecified atom stereocenters. The minimum Gasteiger partial charge on any atom is -0.398 e. The van der Waals surface area contributed by atoms with Crippen molar-refractivity contribution in [2.24, 2.45) is 0 Å². The number of anilines is 1. The summed E-state index contributed by atoms with van der Waals surface area (Å²) in [5, 5.41) is 30.8. The Labute approximate surface area is 151 Å². The zero-order valence-corrected chi connectivity index (χ0v) is 14.8. The smallest absolute Gasteiger partial charge is 0.277 e. The summed E-state index contributed by atoms with van der Waals surface area (Å²) in [4.78, 5) is 29.0. The van der Waals surface area contributed by atoms with Gasteiger partial charge in [0.15, 0.2) is 0 Å². The molecule has 10 nitrogen and oxygen atoms in total. The molecule has 12 heteroatoms. The van der Waals surface area contributed by atoms with Gasteiger partial charge >= 0.3 is 0 Å². The van der Waals surface area contributed by atoms with Crippen molar-refractivity contribution < 1.29 is 14.8 Å². The van der Waals surface area contributed by atoms with E-state index >= 15 is 0 Å². The fourth-order valence-electron chi connectivity index (χ4n) is 1.47. The van der Waals surface area contributed by atoms with Crippen molar-refractivity contribution in [1.82, 2.24) is 0 Å². The van der Waals surface area contributed by atoms with Gasteiger partial charge in [0, 0.05) is 38.9 Å². The number of nitrogens with two attached hydrogens (primary N) is 1. The number of nitrogens with zero attached hydrogens (tertiary/aromatic N) is 3. The molecule has 24 heavy (non-hydrogen) atoms. The van der Waals surface area contributed by atoms with Crippen LogP contribution in [0.2, 0.25) is 0 Å². The lowest BCUT2D eigenvalue weighted by Crippen LogP contribution is -1.92. The second-order valence-corrected chi connectivity index (χ2v) is 6.01. The molecule has 0 saturated carbocycles. The number of non-ortho nitro benzene ring substituents is 3. The van der Waals surface area contributed by atoms with Gasteiger partial charge in [0.1, 0.15) is 0 Å². The van der Waals surface area contributed by atoms with Crippen LogP contribution in [0.4, 0.5) is 22.7 Å². The van der Waals surface area contributed by atoms with Crippen LogP contribution in [0.5, 0.6) is 0 Å². The first kappa shape index (κ1) is 19.4. The Morgan fingerprint density at radius 2 is 1.00 bits per heavy atom. The molecule has 0 amide bonds. The Bertz CT molecular complexity index is 762. The third-order valence-electron chi connectivity index (χ3n) is 2.40. The first-order valence-corrected chi connectivity index (χ1v) is 7.48. The van der Waals surface area contributed by atoms with E-state index in [1.165, 1.54) is 24.3 Å². The molecule has 0 heterocycles. The Morgan fingerprint density at radius 1 is 0.667 bits per heavy atom. The molecule has 0 aromatic heterocycles. The highest BCUT2D eigenvalue weighted by Crippen LogP contribution is 2.25. The van der Waals surface area contributed by atoms with Gasteiger partial charge in [-0.05, 0) is 6.07 Å². The minimum atomic E-state index is -0.683. The Hall–Kier alpha value is -2.60. The number of hydrogen-bond donors (Lipinski definition) is 1. The van der Waals surface area contributed by atoms with E-state index in [9.17, 15) is 30.3 Å². The predicted octanol–water partition coefficient (Wildman–Crippen LogP) is 4.21. The van der Waals surface area contributed by atoms with Gasteiger partial charge < -0.3 is 5.73 Å². The molecule has 2 N–H and O–H groups in total. The van der Waals surface area contributed by atoms with Crippen molar-refractivity contribution in [2.45, 2.75) is 0 Å². The molecule has 0 saturated heterocycles.